The minimum absolute atomic E-state index is 0.222. The number of aromatic nitrogens is 2. The molecule has 0 aliphatic carbocycles. The first-order valence-corrected chi connectivity index (χ1v) is 5.76. The molecule has 0 saturated carbocycles. The highest BCUT2D eigenvalue weighted by Crippen LogP contribution is 2.18. The number of nitrogens with one attached hydrogen (secondary N) is 1. The summed E-state index contributed by atoms with van der Waals surface area (Å²) in [4.78, 5) is 8.41. The van der Waals surface area contributed by atoms with E-state index in [2.05, 4.69) is 33.7 Å². The summed E-state index contributed by atoms with van der Waals surface area (Å²) in [5.74, 6) is 0. The normalized spacial score (nSPS) is 12.4. The Morgan fingerprint density at radius 3 is 2.93 bits per heavy atom. The summed E-state index contributed by atoms with van der Waals surface area (Å²) < 4.78 is 0. The average molecular weight is 219 g/mol. The molecule has 0 fully saturated rings. The van der Waals surface area contributed by atoms with E-state index in [-0.39, 0.29) is 6.04 Å². The van der Waals surface area contributed by atoms with Crippen molar-refractivity contribution in [1.29, 1.82) is 0 Å². The molecular formula is C11H13N3S. The van der Waals surface area contributed by atoms with Gasteiger partial charge in [0, 0.05) is 17.8 Å². The van der Waals surface area contributed by atoms with E-state index < -0.39 is 0 Å². The minimum Gasteiger partial charge on any atom is -0.376 e. The van der Waals surface area contributed by atoms with Gasteiger partial charge in [-0.25, -0.2) is 4.98 Å². The Kier molecular flexibility index (Phi) is 2.97. The average Bonchev–Trinajstić information content (AvgIpc) is 2.70. The first-order chi connectivity index (χ1) is 7.25. The maximum atomic E-state index is 4.27. The molecule has 0 aromatic carbocycles. The molecule has 1 unspecified atom stereocenters. The van der Waals surface area contributed by atoms with E-state index >= 15 is 0 Å². The Morgan fingerprint density at radius 2 is 2.27 bits per heavy atom. The molecule has 0 aliphatic rings. The van der Waals surface area contributed by atoms with Crippen LogP contribution < -0.4 is 5.32 Å². The van der Waals surface area contributed by atoms with Gasteiger partial charge in [0.25, 0.3) is 0 Å². The molecular weight excluding hydrogens is 206 g/mol. The second-order valence-electron chi connectivity index (χ2n) is 3.53. The monoisotopic (exact) mass is 219 g/mol. The van der Waals surface area contributed by atoms with Gasteiger partial charge in [-0.2, -0.15) is 0 Å². The quantitative estimate of drug-likeness (QED) is 0.862. The number of nitrogens with zero attached hydrogens (tertiary/aromatic N) is 2. The molecule has 2 heterocycles. The van der Waals surface area contributed by atoms with E-state index in [1.807, 2.05) is 24.8 Å². The Labute approximate surface area is 93.2 Å². The van der Waals surface area contributed by atoms with Gasteiger partial charge in [-0.15, -0.1) is 11.3 Å². The van der Waals surface area contributed by atoms with Crippen molar-refractivity contribution >= 4 is 17.0 Å². The Bertz CT molecular complexity index is 425. The van der Waals surface area contributed by atoms with Crippen molar-refractivity contribution in [3.05, 3.63) is 40.6 Å². The summed E-state index contributed by atoms with van der Waals surface area (Å²) in [6, 6.07) is 2.30. The van der Waals surface area contributed by atoms with Crippen LogP contribution in [0.15, 0.2) is 29.4 Å². The molecule has 15 heavy (non-hydrogen) atoms. The molecule has 0 aliphatic heterocycles. The van der Waals surface area contributed by atoms with Crippen molar-refractivity contribution in [2.45, 2.75) is 19.9 Å². The Morgan fingerprint density at radius 1 is 1.40 bits per heavy atom. The van der Waals surface area contributed by atoms with Crippen molar-refractivity contribution in [3.8, 4) is 0 Å². The van der Waals surface area contributed by atoms with Crippen molar-refractivity contribution < 1.29 is 0 Å². The van der Waals surface area contributed by atoms with Crippen LogP contribution in [0.5, 0.6) is 0 Å². The number of pyridine rings is 1. The number of aryl methyl sites for hydroxylation is 1. The third-order valence-electron chi connectivity index (χ3n) is 2.15. The molecule has 1 N–H and O–H groups in total. The van der Waals surface area contributed by atoms with E-state index in [9.17, 15) is 0 Å². The lowest BCUT2D eigenvalue weighted by atomic mass is 10.2. The van der Waals surface area contributed by atoms with Crippen LogP contribution >= 0.6 is 11.3 Å². The molecule has 78 valence electrons. The second-order valence-corrected chi connectivity index (χ2v) is 4.25. The van der Waals surface area contributed by atoms with Crippen LogP contribution in [0.2, 0.25) is 0 Å². The van der Waals surface area contributed by atoms with E-state index in [1.54, 1.807) is 11.3 Å². The highest BCUT2D eigenvalue weighted by Gasteiger charge is 2.06. The number of anilines is 1. The predicted molar refractivity (Wildman–Crippen MR) is 63.1 cm³/mol. The van der Waals surface area contributed by atoms with E-state index in [4.69, 9.17) is 0 Å². The molecule has 2 aromatic rings. The standard InChI is InChI=1S/C11H13N3S/c1-8-3-10(5-12-4-8)14-9(2)11-6-15-7-13-11/h3-7,9,14H,1-2H3. The lowest BCUT2D eigenvalue weighted by Gasteiger charge is -2.12. The fourth-order valence-electron chi connectivity index (χ4n) is 1.39. The van der Waals surface area contributed by atoms with E-state index in [0.29, 0.717) is 0 Å². The highest BCUT2D eigenvalue weighted by atomic mass is 32.1. The summed E-state index contributed by atoms with van der Waals surface area (Å²) >= 11 is 1.61. The van der Waals surface area contributed by atoms with Gasteiger partial charge in [0.1, 0.15) is 0 Å². The molecule has 1 atom stereocenters. The molecule has 3 nitrogen and oxygen atoms in total. The summed E-state index contributed by atoms with van der Waals surface area (Å²) in [5, 5.41) is 5.42. The van der Waals surface area contributed by atoms with Crippen LogP contribution in [0.1, 0.15) is 24.2 Å². The Hall–Kier alpha value is -1.42. The molecule has 4 heteroatoms. The zero-order valence-electron chi connectivity index (χ0n) is 8.77. The van der Waals surface area contributed by atoms with Crippen molar-refractivity contribution in [3.63, 3.8) is 0 Å². The van der Waals surface area contributed by atoms with Crippen LogP contribution in [0, 0.1) is 6.92 Å². The summed E-state index contributed by atoms with van der Waals surface area (Å²) in [7, 11) is 0. The first-order valence-electron chi connectivity index (χ1n) is 4.82. The lowest BCUT2D eigenvalue weighted by molar-refractivity contribution is 0.848. The van der Waals surface area contributed by atoms with Crippen LogP contribution in [-0.2, 0) is 0 Å². The van der Waals surface area contributed by atoms with E-state index in [1.165, 1.54) is 0 Å². The van der Waals surface area contributed by atoms with Gasteiger partial charge in [-0.3, -0.25) is 4.98 Å². The van der Waals surface area contributed by atoms with Crippen LogP contribution in [0.3, 0.4) is 0 Å². The number of thiazole rings is 1. The number of hydrogen-bond acceptors (Lipinski definition) is 4. The van der Waals surface area contributed by atoms with Gasteiger partial charge >= 0.3 is 0 Å². The molecule has 0 radical (unpaired) electrons. The molecule has 0 spiro atoms. The molecule has 2 aromatic heterocycles. The number of rotatable bonds is 3. The fraction of sp³-hybridized carbons (Fsp3) is 0.273. The topological polar surface area (TPSA) is 37.8 Å². The minimum atomic E-state index is 0.222. The summed E-state index contributed by atoms with van der Waals surface area (Å²) in [5.41, 5.74) is 5.12. The van der Waals surface area contributed by atoms with Crippen LogP contribution in [0.25, 0.3) is 0 Å². The third-order valence-corrected chi connectivity index (χ3v) is 2.76. The smallest absolute Gasteiger partial charge is 0.0795 e. The summed E-state index contributed by atoms with van der Waals surface area (Å²) in [6.45, 7) is 4.13. The van der Waals surface area contributed by atoms with Gasteiger partial charge in [-0.1, -0.05) is 0 Å². The SMILES string of the molecule is Cc1cncc(NC(C)c2cscn2)c1. The third kappa shape index (κ3) is 2.53. The fourth-order valence-corrected chi connectivity index (χ4v) is 2.04. The van der Waals surface area contributed by atoms with E-state index in [0.717, 1.165) is 16.9 Å². The lowest BCUT2D eigenvalue weighted by Crippen LogP contribution is -2.07. The van der Waals surface area contributed by atoms with Gasteiger partial charge in [0.15, 0.2) is 0 Å². The number of hydrogen-bond donors (Lipinski definition) is 1. The zero-order chi connectivity index (χ0) is 10.7. The maximum absolute atomic E-state index is 4.27. The first kappa shape index (κ1) is 10.1. The molecule has 0 bridgehead atoms. The van der Waals surface area contributed by atoms with Crippen LogP contribution in [-0.4, -0.2) is 9.97 Å². The zero-order valence-corrected chi connectivity index (χ0v) is 9.58. The van der Waals surface area contributed by atoms with Gasteiger partial charge in [0.2, 0.25) is 0 Å². The molecule has 0 amide bonds. The van der Waals surface area contributed by atoms with Gasteiger partial charge in [-0.05, 0) is 25.5 Å². The van der Waals surface area contributed by atoms with Crippen molar-refractivity contribution in [2.75, 3.05) is 5.32 Å². The maximum Gasteiger partial charge on any atom is 0.0795 e. The van der Waals surface area contributed by atoms with Gasteiger partial charge in [0.05, 0.1) is 22.9 Å². The van der Waals surface area contributed by atoms with Crippen molar-refractivity contribution in [2.24, 2.45) is 0 Å². The molecule has 0 saturated heterocycles. The van der Waals surface area contributed by atoms with Gasteiger partial charge < -0.3 is 5.32 Å². The second kappa shape index (κ2) is 4.40. The van der Waals surface area contributed by atoms with Crippen LogP contribution in [0.4, 0.5) is 5.69 Å². The molecule has 2 rings (SSSR count). The van der Waals surface area contributed by atoms with Crippen molar-refractivity contribution in [1.82, 2.24) is 9.97 Å². The largest absolute Gasteiger partial charge is 0.376 e. The Balaban J connectivity index is 2.09. The summed E-state index contributed by atoms with van der Waals surface area (Å²) in [6.07, 6.45) is 3.68. The predicted octanol–water partition coefficient (Wildman–Crippen LogP) is 3.02. The highest BCUT2D eigenvalue weighted by molar-refractivity contribution is 7.07.